The molecule has 3 aromatic carbocycles. The third-order valence-corrected chi connectivity index (χ3v) is 7.32. The van der Waals surface area contributed by atoms with E-state index in [2.05, 4.69) is 29.1 Å². The fourth-order valence-corrected chi connectivity index (χ4v) is 5.39. The molecule has 6 nitrogen and oxygen atoms in total. The van der Waals surface area contributed by atoms with Gasteiger partial charge in [0.15, 0.2) is 0 Å². The Hall–Kier alpha value is -3.38. The minimum atomic E-state index is -0.253. The molecule has 0 amide bonds. The summed E-state index contributed by atoms with van der Waals surface area (Å²) in [6.45, 7) is 6.16. The van der Waals surface area contributed by atoms with Gasteiger partial charge < -0.3 is 14.6 Å². The van der Waals surface area contributed by atoms with Gasteiger partial charge in [-0.1, -0.05) is 43.7 Å². The van der Waals surface area contributed by atoms with Crippen molar-refractivity contribution in [3.8, 4) is 17.2 Å². The second-order valence-corrected chi connectivity index (χ2v) is 9.58. The van der Waals surface area contributed by atoms with Gasteiger partial charge in [0.2, 0.25) is 0 Å². The molecule has 0 radical (unpaired) electrons. The van der Waals surface area contributed by atoms with Crippen molar-refractivity contribution in [2.24, 2.45) is 5.18 Å². The van der Waals surface area contributed by atoms with Gasteiger partial charge in [-0.3, -0.25) is 4.90 Å². The number of phenols is 1. The number of nitrogens with zero attached hydrogens (tertiary/aromatic N) is 2. The molecule has 182 valence electrons. The lowest BCUT2D eigenvalue weighted by Crippen LogP contribution is -2.33. The predicted octanol–water partition coefficient (Wildman–Crippen LogP) is 6.68. The summed E-state index contributed by atoms with van der Waals surface area (Å²) in [5, 5.41) is 13.1. The summed E-state index contributed by atoms with van der Waals surface area (Å²) in [6.07, 6.45) is 3.65. The Balaban J connectivity index is 1.37. The van der Waals surface area contributed by atoms with Crippen molar-refractivity contribution in [2.45, 2.75) is 44.1 Å². The van der Waals surface area contributed by atoms with Gasteiger partial charge in [0.05, 0.1) is 0 Å². The summed E-state index contributed by atoms with van der Waals surface area (Å²) in [5.41, 5.74) is 3.58. The van der Waals surface area contributed by atoms with Gasteiger partial charge >= 0.3 is 0 Å². The minimum absolute atomic E-state index is 0.0265. The van der Waals surface area contributed by atoms with Crippen molar-refractivity contribution in [3.63, 3.8) is 0 Å². The Morgan fingerprint density at radius 1 is 0.971 bits per heavy atom. The van der Waals surface area contributed by atoms with Crippen LogP contribution < -0.4 is 9.47 Å². The molecule has 2 aliphatic rings. The smallest absolute Gasteiger partial charge is 0.131 e. The van der Waals surface area contributed by atoms with Crippen LogP contribution in [0, 0.1) is 4.91 Å². The van der Waals surface area contributed by atoms with Crippen molar-refractivity contribution < 1.29 is 14.6 Å². The van der Waals surface area contributed by atoms with Crippen LogP contribution in [0.2, 0.25) is 0 Å². The summed E-state index contributed by atoms with van der Waals surface area (Å²) >= 11 is 0. The van der Waals surface area contributed by atoms with Crippen LogP contribution in [0.5, 0.6) is 17.2 Å². The van der Waals surface area contributed by atoms with Crippen molar-refractivity contribution >= 4 is 5.69 Å². The molecule has 0 aromatic heterocycles. The van der Waals surface area contributed by atoms with E-state index in [0.717, 1.165) is 29.0 Å². The third kappa shape index (κ3) is 5.17. The molecule has 1 fully saturated rings. The molecule has 3 aromatic rings. The van der Waals surface area contributed by atoms with E-state index in [4.69, 9.17) is 9.47 Å². The van der Waals surface area contributed by atoms with Crippen LogP contribution in [0.3, 0.4) is 0 Å². The molecule has 0 saturated carbocycles. The second kappa shape index (κ2) is 10.5. The van der Waals surface area contributed by atoms with Gasteiger partial charge in [-0.25, -0.2) is 0 Å². The largest absolute Gasteiger partial charge is 0.508 e. The first-order valence-electron chi connectivity index (χ1n) is 12.5. The SMILES string of the molecule is CC1c2ccc(O)cc2OC(c2ccc(OCCN3CCCCC3)cc2)C1c1ccc(N=O)cc1. The van der Waals surface area contributed by atoms with E-state index < -0.39 is 0 Å². The Bertz CT molecular complexity index is 1140. The molecule has 1 N–H and O–H groups in total. The highest BCUT2D eigenvalue weighted by molar-refractivity contribution is 5.49. The fraction of sp³-hybridized carbons (Fsp3) is 0.379. The molecule has 2 heterocycles. The first kappa shape index (κ1) is 23.4. The molecule has 35 heavy (non-hydrogen) atoms. The van der Waals surface area contributed by atoms with Gasteiger partial charge in [0, 0.05) is 18.5 Å². The number of hydrogen-bond donors (Lipinski definition) is 1. The van der Waals surface area contributed by atoms with E-state index >= 15 is 0 Å². The van der Waals surface area contributed by atoms with Crippen molar-refractivity contribution in [1.82, 2.24) is 4.90 Å². The van der Waals surface area contributed by atoms with Crippen LogP contribution in [0.4, 0.5) is 5.69 Å². The van der Waals surface area contributed by atoms with Gasteiger partial charge in [0.25, 0.3) is 0 Å². The number of likely N-dealkylation sites (tertiary alicyclic amines) is 1. The first-order chi connectivity index (χ1) is 17.1. The zero-order valence-corrected chi connectivity index (χ0v) is 20.1. The molecule has 6 heteroatoms. The maximum absolute atomic E-state index is 10.9. The fourth-order valence-electron chi connectivity index (χ4n) is 5.39. The number of piperidine rings is 1. The maximum Gasteiger partial charge on any atom is 0.131 e. The normalized spacial score (nSPS) is 22.1. The standard InChI is InChI=1S/C29H32N2O4/c1-20-26-14-11-24(32)19-27(26)35-29(28(20)21-5-9-23(30-33)10-6-21)22-7-12-25(13-8-22)34-18-17-31-15-3-2-4-16-31/h5-14,19-20,28-29,32H,2-4,15-18H2,1H3. The molecule has 5 rings (SSSR count). The number of nitroso groups, excluding NO2 is 1. The Kier molecular flexibility index (Phi) is 7.00. The van der Waals surface area contributed by atoms with Crippen LogP contribution in [0.1, 0.15) is 60.8 Å². The van der Waals surface area contributed by atoms with Crippen LogP contribution >= 0.6 is 0 Å². The van der Waals surface area contributed by atoms with Crippen molar-refractivity contribution in [3.05, 3.63) is 88.3 Å². The van der Waals surface area contributed by atoms with E-state index in [0.29, 0.717) is 18.0 Å². The highest BCUT2D eigenvalue weighted by Gasteiger charge is 2.38. The summed E-state index contributed by atoms with van der Waals surface area (Å²) in [5.74, 6) is 1.91. The zero-order chi connectivity index (χ0) is 24.2. The predicted molar refractivity (Wildman–Crippen MR) is 137 cm³/mol. The van der Waals surface area contributed by atoms with E-state index in [-0.39, 0.29) is 23.7 Å². The maximum atomic E-state index is 10.9. The lowest BCUT2D eigenvalue weighted by Gasteiger charge is -2.39. The summed E-state index contributed by atoms with van der Waals surface area (Å²) in [6, 6.07) is 20.9. The van der Waals surface area contributed by atoms with E-state index in [1.807, 2.05) is 30.3 Å². The number of aromatic hydroxyl groups is 1. The molecule has 3 atom stereocenters. The number of ether oxygens (including phenoxy) is 2. The lowest BCUT2D eigenvalue weighted by atomic mass is 9.75. The highest BCUT2D eigenvalue weighted by atomic mass is 16.5. The van der Waals surface area contributed by atoms with Gasteiger partial charge in [-0.2, -0.15) is 0 Å². The molecule has 1 saturated heterocycles. The number of benzene rings is 3. The van der Waals surface area contributed by atoms with Crippen molar-refractivity contribution in [2.75, 3.05) is 26.2 Å². The van der Waals surface area contributed by atoms with Gasteiger partial charge in [-0.05, 0) is 84.0 Å². The molecule has 3 unspecified atom stereocenters. The Morgan fingerprint density at radius 2 is 1.69 bits per heavy atom. The Morgan fingerprint density at radius 3 is 2.40 bits per heavy atom. The number of fused-ring (bicyclic) bond motifs is 1. The third-order valence-electron chi connectivity index (χ3n) is 7.32. The molecule has 2 aliphatic heterocycles. The minimum Gasteiger partial charge on any atom is -0.508 e. The quantitative estimate of drug-likeness (QED) is 0.389. The first-order valence-corrected chi connectivity index (χ1v) is 12.5. The van der Waals surface area contributed by atoms with Gasteiger partial charge in [-0.15, -0.1) is 4.91 Å². The average Bonchev–Trinajstić information content (AvgIpc) is 2.89. The van der Waals surface area contributed by atoms with E-state index in [1.54, 1.807) is 24.3 Å². The van der Waals surface area contributed by atoms with Gasteiger partial charge in [0.1, 0.15) is 35.6 Å². The van der Waals surface area contributed by atoms with E-state index in [1.165, 1.54) is 32.4 Å². The summed E-state index contributed by atoms with van der Waals surface area (Å²) < 4.78 is 12.5. The highest BCUT2D eigenvalue weighted by Crippen LogP contribution is 2.51. The van der Waals surface area contributed by atoms with Crippen molar-refractivity contribution in [1.29, 1.82) is 0 Å². The molecule has 0 spiro atoms. The molecular weight excluding hydrogens is 440 g/mol. The second-order valence-electron chi connectivity index (χ2n) is 9.58. The topological polar surface area (TPSA) is 71.4 Å². The lowest BCUT2D eigenvalue weighted by molar-refractivity contribution is 0.136. The molecule has 0 aliphatic carbocycles. The van der Waals surface area contributed by atoms with Crippen LogP contribution in [0.15, 0.2) is 71.9 Å². The van der Waals surface area contributed by atoms with Crippen LogP contribution in [-0.4, -0.2) is 36.2 Å². The monoisotopic (exact) mass is 472 g/mol. The number of phenolic OH excluding ortho intramolecular Hbond substituents is 1. The molecular formula is C29H32N2O4. The summed E-state index contributed by atoms with van der Waals surface area (Å²) in [4.78, 5) is 13.4. The Labute approximate surface area is 206 Å². The average molecular weight is 473 g/mol. The van der Waals surface area contributed by atoms with E-state index in [9.17, 15) is 10.0 Å². The van der Waals surface area contributed by atoms with Crippen LogP contribution in [-0.2, 0) is 0 Å². The van der Waals surface area contributed by atoms with Crippen LogP contribution in [0.25, 0.3) is 0 Å². The summed E-state index contributed by atoms with van der Waals surface area (Å²) in [7, 11) is 0. The number of rotatable bonds is 7. The number of hydrogen-bond acceptors (Lipinski definition) is 6. The zero-order valence-electron chi connectivity index (χ0n) is 20.1. The molecule has 0 bridgehead atoms.